The summed E-state index contributed by atoms with van der Waals surface area (Å²) in [5.41, 5.74) is 0.780. The van der Waals surface area contributed by atoms with Crippen LogP contribution in [-0.4, -0.2) is 17.4 Å². The zero-order valence-electron chi connectivity index (χ0n) is 9.27. The van der Waals surface area contributed by atoms with Gasteiger partial charge in [-0.15, -0.1) is 24.5 Å². The fraction of sp³-hybridized carbons (Fsp3) is 0.0833. The molecule has 0 spiro atoms. The standard InChI is InChI=1S/C12H7F3O3S/c13-12(14,15)18-9-3-1-7(2-4-9)10-5-8(6-19-10)11(16)17/h1-6H,(H,16,17). The molecule has 0 aliphatic carbocycles. The van der Waals surface area contributed by atoms with Crippen molar-refractivity contribution in [3.8, 4) is 16.2 Å². The summed E-state index contributed by atoms with van der Waals surface area (Å²) in [6, 6.07) is 6.72. The molecule has 0 bridgehead atoms. The molecular weight excluding hydrogens is 281 g/mol. The van der Waals surface area contributed by atoms with Crippen LogP contribution in [-0.2, 0) is 0 Å². The number of carboxylic acids is 1. The zero-order valence-corrected chi connectivity index (χ0v) is 10.1. The number of carboxylic acid groups (broad SMARTS) is 1. The number of benzene rings is 1. The van der Waals surface area contributed by atoms with Crippen molar-refractivity contribution in [2.24, 2.45) is 0 Å². The molecule has 2 rings (SSSR count). The molecule has 0 unspecified atom stereocenters. The minimum absolute atomic E-state index is 0.149. The summed E-state index contributed by atoms with van der Waals surface area (Å²) in [4.78, 5) is 11.4. The summed E-state index contributed by atoms with van der Waals surface area (Å²) >= 11 is 1.21. The average molecular weight is 288 g/mol. The number of ether oxygens (including phenoxy) is 1. The summed E-state index contributed by atoms with van der Waals surface area (Å²) in [5, 5.41) is 10.2. The van der Waals surface area contributed by atoms with Crippen LogP contribution in [0.1, 0.15) is 10.4 Å². The van der Waals surface area contributed by atoms with Gasteiger partial charge in [0.25, 0.3) is 0 Å². The Bertz CT molecular complexity index is 587. The summed E-state index contributed by atoms with van der Waals surface area (Å²) in [7, 11) is 0. The van der Waals surface area contributed by atoms with Crippen LogP contribution >= 0.6 is 11.3 Å². The second-order valence-electron chi connectivity index (χ2n) is 3.58. The third kappa shape index (κ3) is 3.47. The topological polar surface area (TPSA) is 46.5 Å². The molecule has 1 heterocycles. The highest BCUT2D eigenvalue weighted by molar-refractivity contribution is 7.13. The quantitative estimate of drug-likeness (QED) is 0.928. The van der Waals surface area contributed by atoms with Gasteiger partial charge in [0, 0.05) is 10.3 Å². The van der Waals surface area contributed by atoms with Crippen molar-refractivity contribution in [2.75, 3.05) is 0 Å². The second kappa shape index (κ2) is 4.93. The number of aromatic carboxylic acids is 1. The van der Waals surface area contributed by atoms with Crippen molar-refractivity contribution in [1.29, 1.82) is 0 Å². The normalized spacial score (nSPS) is 11.3. The molecule has 100 valence electrons. The Morgan fingerprint density at radius 1 is 1.21 bits per heavy atom. The summed E-state index contributed by atoms with van der Waals surface area (Å²) in [6.45, 7) is 0. The van der Waals surface area contributed by atoms with Crippen LogP contribution in [0.4, 0.5) is 13.2 Å². The SMILES string of the molecule is O=C(O)c1csc(-c2ccc(OC(F)(F)F)cc2)c1. The monoisotopic (exact) mass is 288 g/mol. The van der Waals surface area contributed by atoms with Gasteiger partial charge in [-0.25, -0.2) is 4.79 Å². The van der Waals surface area contributed by atoms with Crippen LogP contribution in [0.25, 0.3) is 10.4 Å². The lowest BCUT2D eigenvalue weighted by atomic mass is 10.1. The van der Waals surface area contributed by atoms with E-state index in [1.54, 1.807) is 0 Å². The molecule has 1 N–H and O–H groups in total. The van der Waals surface area contributed by atoms with E-state index in [0.717, 1.165) is 0 Å². The lowest BCUT2D eigenvalue weighted by Crippen LogP contribution is -2.16. The molecule has 7 heteroatoms. The first kappa shape index (κ1) is 13.4. The molecule has 3 nitrogen and oxygen atoms in total. The zero-order chi connectivity index (χ0) is 14.0. The number of rotatable bonds is 3. The molecule has 0 aliphatic heterocycles. The Kier molecular flexibility index (Phi) is 3.48. The Hall–Kier alpha value is -2.02. The molecule has 0 aliphatic rings. The van der Waals surface area contributed by atoms with Gasteiger partial charge in [0.15, 0.2) is 0 Å². The van der Waals surface area contributed by atoms with Gasteiger partial charge < -0.3 is 9.84 Å². The van der Waals surface area contributed by atoms with Gasteiger partial charge in [-0.2, -0.15) is 0 Å². The van der Waals surface area contributed by atoms with Crippen LogP contribution in [0.2, 0.25) is 0 Å². The van der Waals surface area contributed by atoms with Crippen molar-refractivity contribution in [3.63, 3.8) is 0 Å². The minimum atomic E-state index is -4.72. The first-order valence-corrected chi connectivity index (χ1v) is 5.91. The van der Waals surface area contributed by atoms with Crippen molar-refractivity contribution >= 4 is 17.3 Å². The fourth-order valence-electron chi connectivity index (χ4n) is 1.42. The van der Waals surface area contributed by atoms with Gasteiger partial charge in [-0.1, -0.05) is 0 Å². The number of thiophene rings is 1. The summed E-state index contributed by atoms with van der Waals surface area (Å²) < 4.78 is 39.7. The largest absolute Gasteiger partial charge is 0.573 e. The van der Waals surface area contributed by atoms with Gasteiger partial charge in [-0.05, 0) is 35.9 Å². The molecule has 0 saturated carbocycles. The Balaban J connectivity index is 2.20. The number of hydrogen-bond acceptors (Lipinski definition) is 3. The molecule has 0 atom stereocenters. The van der Waals surface area contributed by atoms with E-state index in [2.05, 4.69) is 4.74 Å². The van der Waals surface area contributed by atoms with Gasteiger partial charge in [-0.3, -0.25) is 0 Å². The molecule has 19 heavy (non-hydrogen) atoms. The third-order valence-corrected chi connectivity index (χ3v) is 3.20. The van der Waals surface area contributed by atoms with E-state index in [1.165, 1.54) is 47.0 Å². The van der Waals surface area contributed by atoms with E-state index in [9.17, 15) is 18.0 Å². The van der Waals surface area contributed by atoms with Gasteiger partial charge >= 0.3 is 12.3 Å². The molecule has 0 saturated heterocycles. The number of halogens is 3. The molecule has 1 aromatic heterocycles. The molecule has 1 aromatic carbocycles. The average Bonchev–Trinajstić information content (AvgIpc) is 2.77. The van der Waals surface area contributed by atoms with E-state index in [4.69, 9.17) is 5.11 Å². The maximum absolute atomic E-state index is 12.0. The highest BCUT2D eigenvalue weighted by atomic mass is 32.1. The molecule has 0 fully saturated rings. The third-order valence-electron chi connectivity index (χ3n) is 2.22. The maximum atomic E-state index is 12.0. The minimum Gasteiger partial charge on any atom is -0.478 e. The predicted molar refractivity (Wildman–Crippen MR) is 63.4 cm³/mol. The summed E-state index contributed by atoms with van der Waals surface area (Å²) in [6.07, 6.45) is -4.72. The highest BCUT2D eigenvalue weighted by Gasteiger charge is 2.30. The Morgan fingerprint density at radius 2 is 1.84 bits per heavy atom. The van der Waals surface area contributed by atoms with Crippen LogP contribution in [0.15, 0.2) is 35.7 Å². The molecule has 0 radical (unpaired) electrons. The van der Waals surface area contributed by atoms with Crippen molar-refractivity contribution in [2.45, 2.75) is 6.36 Å². The molecule has 2 aromatic rings. The molecular formula is C12H7F3O3S. The maximum Gasteiger partial charge on any atom is 0.573 e. The smallest absolute Gasteiger partial charge is 0.478 e. The van der Waals surface area contributed by atoms with E-state index < -0.39 is 12.3 Å². The second-order valence-corrected chi connectivity index (χ2v) is 4.49. The van der Waals surface area contributed by atoms with Crippen LogP contribution in [0.3, 0.4) is 0 Å². The van der Waals surface area contributed by atoms with Crippen LogP contribution in [0.5, 0.6) is 5.75 Å². The van der Waals surface area contributed by atoms with E-state index in [0.29, 0.717) is 10.4 Å². The highest BCUT2D eigenvalue weighted by Crippen LogP contribution is 2.30. The van der Waals surface area contributed by atoms with Gasteiger partial charge in [0.05, 0.1) is 5.56 Å². The van der Waals surface area contributed by atoms with E-state index in [-0.39, 0.29) is 11.3 Å². The molecule has 0 amide bonds. The van der Waals surface area contributed by atoms with Crippen LogP contribution < -0.4 is 4.74 Å². The van der Waals surface area contributed by atoms with E-state index in [1.807, 2.05) is 0 Å². The first-order valence-electron chi connectivity index (χ1n) is 5.03. The van der Waals surface area contributed by atoms with Crippen molar-refractivity contribution in [1.82, 2.24) is 0 Å². The lowest BCUT2D eigenvalue weighted by Gasteiger charge is -2.08. The lowest BCUT2D eigenvalue weighted by molar-refractivity contribution is -0.274. The van der Waals surface area contributed by atoms with Gasteiger partial charge in [0.1, 0.15) is 5.75 Å². The van der Waals surface area contributed by atoms with Crippen LogP contribution in [0, 0.1) is 0 Å². The van der Waals surface area contributed by atoms with Crippen molar-refractivity contribution in [3.05, 3.63) is 41.3 Å². The number of carbonyl (C=O) groups is 1. The first-order chi connectivity index (χ1) is 8.85. The number of alkyl halides is 3. The van der Waals surface area contributed by atoms with E-state index >= 15 is 0 Å². The fourth-order valence-corrected chi connectivity index (χ4v) is 2.31. The van der Waals surface area contributed by atoms with Gasteiger partial charge in [0.2, 0.25) is 0 Å². The Morgan fingerprint density at radius 3 is 2.32 bits per heavy atom. The van der Waals surface area contributed by atoms with Crippen molar-refractivity contribution < 1.29 is 27.8 Å². The number of hydrogen-bond donors (Lipinski definition) is 1. The predicted octanol–water partition coefficient (Wildman–Crippen LogP) is 4.01. The summed E-state index contributed by atoms with van der Waals surface area (Å²) in [5.74, 6) is -1.36. The Labute approximate surface area is 109 Å².